The van der Waals surface area contributed by atoms with Crippen LogP contribution in [-0.2, 0) is 20.8 Å². The van der Waals surface area contributed by atoms with Gasteiger partial charge in [0.05, 0.1) is 71.4 Å². The molecule has 2 amide bonds. The predicted octanol–water partition coefficient (Wildman–Crippen LogP) is 7.15. The van der Waals surface area contributed by atoms with Crippen LogP contribution in [0.4, 0.5) is 20.6 Å². The van der Waals surface area contributed by atoms with Gasteiger partial charge in [0, 0.05) is 42.0 Å². The average molecular weight is 768 g/mol. The predicted molar refractivity (Wildman–Crippen MR) is 198 cm³/mol. The van der Waals surface area contributed by atoms with E-state index in [0.717, 1.165) is 24.9 Å². The molecule has 2 atom stereocenters. The third kappa shape index (κ3) is 6.22. The van der Waals surface area contributed by atoms with Crippen LogP contribution in [0.3, 0.4) is 0 Å². The first-order chi connectivity index (χ1) is 25.3. The van der Waals surface area contributed by atoms with Crippen LogP contribution in [0.2, 0.25) is 10.0 Å². The van der Waals surface area contributed by atoms with Gasteiger partial charge in [-0.1, -0.05) is 41.4 Å². The molecule has 3 aromatic carbocycles. The number of benzene rings is 3. The molecule has 4 saturated heterocycles. The average Bonchev–Trinajstić information content (AvgIpc) is 3.31. The van der Waals surface area contributed by atoms with Gasteiger partial charge in [-0.3, -0.25) is 9.69 Å². The second-order valence-electron chi connectivity index (χ2n) is 15.5. The number of ether oxygens (including phenoxy) is 4. The Morgan fingerprint density at radius 3 is 2.30 bits per heavy atom. The van der Waals surface area contributed by atoms with Gasteiger partial charge in [0.1, 0.15) is 17.2 Å². The first-order valence-electron chi connectivity index (χ1n) is 17.8. The summed E-state index contributed by atoms with van der Waals surface area (Å²) in [6, 6.07) is 11.9. The lowest BCUT2D eigenvalue weighted by Crippen LogP contribution is -2.78. The monoisotopic (exact) mass is 766 g/mol. The van der Waals surface area contributed by atoms with E-state index in [0.29, 0.717) is 55.4 Å². The Labute approximate surface area is 317 Å². The number of carbonyl (C=O) groups excluding carboxylic acids is 3. The SMILES string of the molecule is COC(=O)c1cc(F)c(-c2cccc3c2OCN(C(=O)c2c(Cl)cc(N4CC5(CCN5C(=O)OC(C)(C)C)C4)cc2Cl)C3)cc1N1C2CCC1COC2. The molecule has 53 heavy (non-hydrogen) atoms. The van der Waals surface area contributed by atoms with Crippen LogP contribution in [0.15, 0.2) is 42.5 Å². The van der Waals surface area contributed by atoms with Gasteiger partial charge in [-0.25, -0.2) is 14.0 Å². The van der Waals surface area contributed by atoms with E-state index in [1.165, 1.54) is 18.1 Å². The van der Waals surface area contributed by atoms with Gasteiger partial charge in [0.2, 0.25) is 0 Å². The Balaban J connectivity index is 1.01. The van der Waals surface area contributed by atoms with Crippen molar-refractivity contribution in [1.82, 2.24) is 9.80 Å². The van der Waals surface area contributed by atoms with E-state index < -0.39 is 23.3 Å². The summed E-state index contributed by atoms with van der Waals surface area (Å²) in [7, 11) is 1.29. The molecule has 4 fully saturated rings. The highest BCUT2D eigenvalue weighted by Crippen LogP contribution is 2.46. The summed E-state index contributed by atoms with van der Waals surface area (Å²) in [5.74, 6) is -1.16. The van der Waals surface area contributed by atoms with Crippen LogP contribution >= 0.6 is 23.2 Å². The minimum absolute atomic E-state index is 0.0727. The van der Waals surface area contributed by atoms with Crippen molar-refractivity contribution < 1.29 is 37.7 Å². The standard InChI is InChI=1S/C39H41Cl2FN4O7/c1-38(2,3)53-37(49)45-11-10-39(45)19-44(20-39)25-12-29(40)33(30(41)13-25)35(47)43-16-22-6-5-7-26(34(22)52-21-43)27-15-32(28(14-31(27)42)36(48)50-4)46-23-8-9-24(46)18-51-17-23/h5-7,12-15,23-24H,8-11,16-21H2,1-4H3. The largest absolute Gasteiger partial charge is 0.472 e. The highest BCUT2D eigenvalue weighted by Gasteiger charge is 2.56. The lowest BCUT2D eigenvalue weighted by Gasteiger charge is -2.62. The highest BCUT2D eigenvalue weighted by atomic mass is 35.5. The maximum atomic E-state index is 15.9. The number of hydrogen-bond donors (Lipinski definition) is 0. The van der Waals surface area contributed by atoms with Crippen molar-refractivity contribution in [2.24, 2.45) is 0 Å². The van der Waals surface area contributed by atoms with Crippen LogP contribution in [0, 0.1) is 5.82 Å². The maximum Gasteiger partial charge on any atom is 0.410 e. The van der Waals surface area contributed by atoms with Gasteiger partial charge in [0.15, 0.2) is 6.73 Å². The summed E-state index contributed by atoms with van der Waals surface area (Å²) in [5, 5.41) is 0.404. The minimum Gasteiger partial charge on any atom is -0.472 e. The molecule has 2 bridgehead atoms. The summed E-state index contributed by atoms with van der Waals surface area (Å²) in [6.07, 6.45) is 2.38. The Kier molecular flexibility index (Phi) is 8.93. The molecule has 280 valence electrons. The molecule has 0 saturated carbocycles. The second kappa shape index (κ2) is 13.2. The zero-order valence-corrected chi connectivity index (χ0v) is 31.6. The van der Waals surface area contributed by atoms with Gasteiger partial charge in [-0.05, 0) is 64.3 Å². The third-order valence-electron chi connectivity index (χ3n) is 11.0. The van der Waals surface area contributed by atoms with Crippen LogP contribution in [-0.4, -0.2) is 97.7 Å². The van der Waals surface area contributed by atoms with Crippen molar-refractivity contribution in [3.8, 4) is 16.9 Å². The number of anilines is 2. The second-order valence-corrected chi connectivity index (χ2v) is 16.3. The van der Waals surface area contributed by atoms with Gasteiger partial charge in [-0.2, -0.15) is 0 Å². The van der Waals surface area contributed by atoms with Crippen LogP contribution in [0.25, 0.3) is 11.1 Å². The normalized spacial score (nSPS) is 21.4. The third-order valence-corrected chi connectivity index (χ3v) is 11.6. The first-order valence-corrected chi connectivity index (χ1v) is 18.6. The van der Waals surface area contributed by atoms with Crippen LogP contribution < -0.4 is 14.5 Å². The molecule has 0 aliphatic carbocycles. The smallest absolute Gasteiger partial charge is 0.410 e. The van der Waals surface area contributed by atoms with E-state index >= 15 is 4.39 Å². The van der Waals surface area contributed by atoms with Crippen LogP contribution in [0.5, 0.6) is 5.75 Å². The van der Waals surface area contributed by atoms with Crippen molar-refractivity contribution in [1.29, 1.82) is 0 Å². The molecular weight excluding hydrogens is 726 g/mol. The molecule has 0 radical (unpaired) electrons. The van der Waals surface area contributed by atoms with E-state index in [2.05, 4.69) is 9.80 Å². The summed E-state index contributed by atoms with van der Waals surface area (Å²) in [4.78, 5) is 47.0. The van der Waals surface area contributed by atoms with Crippen LogP contribution in [0.1, 0.15) is 66.3 Å². The molecule has 14 heteroatoms. The lowest BCUT2D eigenvalue weighted by atomic mass is 9.77. The Hall–Kier alpha value is -4.26. The molecule has 8 rings (SSSR count). The van der Waals surface area contributed by atoms with Gasteiger partial charge < -0.3 is 33.6 Å². The fraction of sp³-hybridized carbons (Fsp3) is 0.462. The molecule has 0 aromatic heterocycles. The first kappa shape index (κ1) is 35.8. The molecule has 0 N–H and O–H groups in total. The number of rotatable bonds is 5. The number of para-hydroxylation sites is 1. The fourth-order valence-electron chi connectivity index (χ4n) is 8.32. The van der Waals surface area contributed by atoms with Crippen molar-refractivity contribution >= 4 is 52.5 Å². The number of hydrogen-bond acceptors (Lipinski definition) is 9. The zero-order valence-electron chi connectivity index (χ0n) is 30.0. The topological polar surface area (TPSA) is 101 Å². The molecule has 5 aliphatic rings. The number of halogens is 3. The van der Waals surface area contributed by atoms with E-state index in [-0.39, 0.29) is 63.7 Å². The molecule has 11 nitrogen and oxygen atoms in total. The van der Waals surface area contributed by atoms with E-state index in [1.54, 1.807) is 35.2 Å². The van der Waals surface area contributed by atoms with Crippen molar-refractivity contribution in [2.75, 3.05) is 56.5 Å². The van der Waals surface area contributed by atoms with Crippen molar-refractivity contribution in [2.45, 2.75) is 69.8 Å². The Morgan fingerprint density at radius 1 is 0.981 bits per heavy atom. The molecule has 5 aliphatic heterocycles. The minimum atomic E-state index is -0.612. The number of methoxy groups -OCH3 is 1. The van der Waals surface area contributed by atoms with E-state index in [9.17, 15) is 14.4 Å². The summed E-state index contributed by atoms with van der Waals surface area (Å²) in [5.41, 5.74) is 2.28. The molecule has 1 spiro atoms. The highest BCUT2D eigenvalue weighted by molar-refractivity contribution is 6.40. The van der Waals surface area contributed by atoms with E-state index in [1.807, 2.05) is 26.8 Å². The molecule has 3 aromatic rings. The summed E-state index contributed by atoms with van der Waals surface area (Å²) in [6.45, 7) is 8.52. The summed E-state index contributed by atoms with van der Waals surface area (Å²) >= 11 is 13.5. The Bertz CT molecular complexity index is 1980. The lowest BCUT2D eigenvalue weighted by molar-refractivity contribution is -0.0560. The number of esters is 1. The number of carbonyl (C=O) groups is 3. The van der Waals surface area contributed by atoms with E-state index in [4.69, 9.17) is 42.1 Å². The number of nitrogens with zero attached hydrogens (tertiary/aromatic N) is 4. The van der Waals surface area contributed by atoms with Gasteiger partial charge >= 0.3 is 12.1 Å². The van der Waals surface area contributed by atoms with Crippen molar-refractivity contribution in [3.63, 3.8) is 0 Å². The molecule has 5 heterocycles. The number of likely N-dealkylation sites (tertiary alicyclic amines) is 1. The van der Waals surface area contributed by atoms with Crippen molar-refractivity contribution in [3.05, 3.63) is 75.0 Å². The fourth-order valence-corrected chi connectivity index (χ4v) is 8.95. The number of fused-ring (bicyclic) bond motifs is 3. The summed E-state index contributed by atoms with van der Waals surface area (Å²) < 4.78 is 38.6. The Morgan fingerprint density at radius 2 is 1.68 bits per heavy atom. The number of morpholine rings is 1. The number of amides is 2. The molecule has 2 unspecified atom stereocenters. The quantitative estimate of drug-likeness (QED) is 0.251. The molecular formula is C39H41Cl2FN4O7. The van der Waals surface area contributed by atoms with Gasteiger partial charge in [0.25, 0.3) is 5.91 Å². The zero-order chi connectivity index (χ0) is 37.4. The maximum absolute atomic E-state index is 15.9. The van der Waals surface area contributed by atoms with Gasteiger partial charge in [-0.15, -0.1) is 0 Å².